The predicted molar refractivity (Wildman–Crippen MR) is 227 cm³/mol. The van der Waals surface area contributed by atoms with Crippen LogP contribution in [0.3, 0.4) is 0 Å². The van der Waals surface area contributed by atoms with E-state index < -0.39 is 0 Å². The fourth-order valence-corrected chi connectivity index (χ4v) is 15.3. The second-order valence-corrected chi connectivity index (χ2v) is 21.0. The van der Waals surface area contributed by atoms with Gasteiger partial charge in [-0.2, -0.15) is 0 Å². The molecule has 6 fully saturated rings. The zero-order valence-electron chi connectivity index (χ0n) is 36.2. The third-order valence-corrected chi connectivity index (χ3v) is 18.4. The lowest BCUT2D eigenvalue weighted by Crippen LogP contribution is -2.68. The lowest BCUT2D eigenvalue weighted by atomic mass is 9.33. The van der Waals surface area contributed by atoms with Crippen molar-refractivity contribution in [3.05, 3.63) is 48.1 Å². The van der Waals surface area contributed by atoms with Crippen LogP contribution in [0.2, 0.25) is 0 Å². The van der Waals surface area contributed by atoms with Crippen molar-refractivity contribution in [3.63, 3.8) is 0 Å². The van der Waals surface area contributed by atoms with Gasteiger partial charge in [-0.05, 0) is 158 Å². The van der Waals surface area contributed by atoms with Crippen LogP contribution in [-0.2, 0) is 14.4 Å². The first-order valence-corrected chi connectivity index (χ1v) is 22.8. The number of carbonyl (C=O) groups is 3. The van der Waals surface area contributed by atoms with Crippen LogP contribution in [0, 0.1) is 51.2 Å². The molecule has 1 N–H and O–H groups in total. The Morgan fingerprint density at radius 3 is 2.16 bits per heavy atom. The summed E-state index contributed by atoms with van der Waals surface area (Å²) in [7, 11) is 0. The van der Waals surface area contributed by atoms with E-state index in [-0.39, 0.29) is 39.0 Å². The second-order valence-electron chi connectivity index (χ2n) is 21.0. The van der Waals surface area contributed by atoms with Crippen molar-refractivity contribution >= 4 is 23.9 Å². The molecule has 57 heavy (non-hydrogen) atoms. The molecule has 0 bridgehead atoms. The van der Waals surface area contributed by atoms with Crippen LogP contribution in [-0.4, -0.2) is 90.9 Å². The number of piperidine rings is 1. The number of amides is 2. The maximum absolute atomic E-state index is 13.1. The van der Waals surface area contributed by atoms with E-state index in [0.717, 1.165) is 65.0 Å². The van der Waals surface area contributed by atoms with Crippen molar-refractivity contribution in [1.82, 2.24) is 20.0 Å². The lowest BCUT2D eigenvalue weighted by Gasteiger charge is -2.72. The van der Waals surface area contributed by atoms with E-state index in [9.17, 15) is 14.4 Å². The molecule has 0 unspecified atom stereocenters. The number of benzene rings is 1. The smallest absolute Gasteiger partial charge is 0.312 e. The largest absolute Gasteiger partial charge is 0.429 e. The average molecular weight is 781 g/mol. The van der Waals surface area contributed by atoms with Gasteiger partial charge in [-0.1, -0.05) is 65.0 Å². The standard InChI is InChI=1S/C49H72N4O4/c1-34(2)37-17-22-49(50-25-28-51-29-31-53(32-30-51)44(56)43(55)52-26-9-8-10-27-52)24-23-47(6)39(42(37)49)15-16-41-46(5)20-18-38(35-11-13-36(14-12-35)57-33-54)45(3,4)40(46)19-21-48(41,47)7/h11-14,18,33,37,39-42,50H,1,8-10,15-17,19-32H2,2-7H3/t37-,39+,40-,41+,42+,46-,47+,48+,49-/m0/s1. The Balaban J connectivity index is 0.955. The van der Waals surface area contributed by atoms with Gasteiger partial charge in [-0.25, -0.2) is 0 Å². The maximum atomic E-state index is 13.1. The molecule has 2 amide bonds. The van der Waals surface area contributed by atoms with Gasteiger partial charge < -0.3 is 19.9 Å². The number of hydrogen-bond donors (Lipinski definition) is 1. The molecule has 5 aliphatic carbocycles. The first kappa shape index (κ1) is 40.8. The van der Waals surface area contributed by atoms with E-state index in [0.29, 0.717) is 54.9 Å². The quantitative estimate of drug-likeness (QED) is 0.162. The summed E-state index contributed by atoms with van der Waals surface area (Å²) in [6.07, 6.45) is 17.1. The molecule has 0 aromatic heterocycles. The Morgan fingerprint density at radius 2 is 1.49 bits per heavy atom. The number of rotatable bonds is 8. The summed E-state index contributed by atoms with van der Waals surface area (Å²) in [5, 5.41) is 4.30. The lowest BCUT2D eigenvalue weighted by molar-refractivity contribution is -0.219. The fraction of sp³-hybridized carbons (Fsp3) is 0.735. The summed E-state index contributed by atoms with van der Waals surface area (Å²) >= 11 is 0. The van der Waals surface area contributed by atoms with Crippen molar-refractivity contribution in [2.75, 3.05) is 52.4 Å². The van der Waals surface area contributed by atoms with Gasteiger partial charge in [0.25, 0.3) is 6.47 Å². The highest BCUT2D eigenvalue weighted by atomic mass is 16.5. The molecule has 8 rings (SSSR count). The topological polar surface area (TPSA) is 82.2 Å². The van der Waals surface area contributed by atoms with Crippen molar-refractivity contribution < 1.29 is 19.1 Å². The van der Waals surface area contributed by atoms with Crippen molar-refractivity contribution in [2.45, 2.75) is 124 Å². The molecule has 2 heterocycles. The number of nitrogens with zero attached hydrogens (tertiary/aromatic N) is 3. The molecule has 2 saturated heterocycles. The molecule has 8 nitrogen and oxygen atoms in total. The number of allylic oxidation sites excluding steroid dienone is 3. The van der Waals surface area contributed by atoms with Gasteiger partial charge in [-0.3, -0.25) is 19.3 Å². The van der Waals surface area contributed by atoms with E-state index in [4.69, 9.17) is 4.74 Å². The van der Waals surface area contributed by atoms with E-state index in [1.165, 1.54) is 68.1 Å². The molecule has 0 spiro atoms. The third-order valence-electron chi connectivity index (χ3n) is 18.4. The summed E-state index contributed by atoms with van der Waals surface area (Å²) in [5.74, 6) is 3.19. The SMILES string of the molecule is C=C(C)[C@@H]1CC[C@]2(NCCN3CCN(C(=O)C(=O)N4CCCCC4)CC3)CC[C@]3(C)[C@H](CC[C@@H]4[C@@]5(C)CC=C(c6ccc(OC=O)cc6)C(C)(C)[C@@H]5CC[C@]43C)[C@@H]12. The summed E-state index contributed by atoms with van der Waals surface area (Å²) < 4.78 is 5.12. The molecule has 4 saturated carbocycles. The van der Waals surface area contributed by atoms with E-state index in [1.54, 1.807) is 9.80 Å². The minimum absolute atomic E-state index is 0.0495. The Bertz CT molecular complexity index is 1740. The second kappa shape index (κ2) is 15.2. The van der Waals surface area contributed by atoms with Crippen molar-refractivity contribution in [1.29, 1.82) is 0 Å². The van der Waals surface area contributed by atoms with Crippen molar-refractivity contribution in [2.24, 2.45) is 51.2 Å². The molecule has 312 valence electrons. The van der Waals surface area contributed by atoms with Gasteiger partial charge >= 0.3 is 11.8 Å². The van der Waals surface area contributed by atoms with Gasteiger partial charge in [0.05, 0.1) is 0 Å². The number of ether oxygens (including phenoxy) is 1. The van der Waals surface area contributed by atoms with Gasteiger partial charge in [0, 0.05) is 57.9 Å². The van der Waals surface area contributed by atoms with E-state index in [2.05, 4.69) is 76.5 Å². The Morgan fingerprint density at radius 1 is 0.807 bits per heavy atom. The van der Waals surface area contributed by atoms with Gasteiger partial charge in [0.15, 0.2) is 0 Å². The summed E-state index contributed by atoms with van der Waals surface area (Å²) in [5.41, 5.74) is 5.12. The Labute approximate surface area is 343 Å². The molecule has 7 aliphatic rings. The van der Waals surface area contributed by atoms with Gasteiger partial charge in [0.1, 0.15) is 5.75 Å². The number of fused-ring (bicyclic) bond motifs is 7. The molecular formula is C49H72N4O4. The third kappa shape index (κ3) is 6.66. The van der Waals surface area contributed by atoms with Crippen LogP contribution < -0.4 is 10.1 Å². The van der Waals surface area contributed by atoms with Crippen LogP contribution in [0.15, 0.2) is 42.5 Å². The highest BCUT2D eigenvalue weighted by Crippen LogP contribution is 2.76. The number of hydrogen-bond acceptors (Lipinski definition) is 6. The van der Waals surface area contributed by atoms with Crippen LogP contribution in [0.4, 0.5) is 0 Å². The van der Waals surface area contributed by atoms with Gasteiger partial charge in [0.2, 0.25) is 0 Å². The number of carbonyl (C=O) groups excluding carboxylic acids is 3. The maximum Gasteiger partial charge on any atom is 0.312 e. The minimum Gasteiger partial charge on any atom is -0.429 e. The number of piperazine rings is 1. The first-order chi connectivity index (χ1) is 27.2. The number of nitrogens with one attached hydrogen (secondary N) is 1. The summed E-state index contributed by atoms with van der Waals surface area (Å²) in [4.78, 5) is 43.0. The van der Waals surface area contributed by atoms with E-state index in [1.807, 2.05) is 12.1 Å². The van der Waals surface area contributed by atoms with E-state index >= 15 is 0 Å². The summed E-state index contributed by atoms with van der Waals surface area (Å²) in [6.45, 7) is 26.9. The molecular weight excluding hydrogens is 709 g/mol. The van der Waals surface area contributed by atoms with Crippen LogP contribution in [0.25, 0.3) is 5.57 Å². The Kier molecular flexibility index (Phi) is 10.9. The zero-order valence-corrected chi connectivity index (χ0v) is 36.2. The summed E-state index contributed by atoms with van der Waals surface area (Å²) in [6, 6.07) is 8.14. The molecule has 1 aromatic rings. The van der Waals surface area contributed by atoms with Crippen LogP contribution in [0.5, 0.6) is 5.75 Å². The molecule has 9 atom stereocenters. The normalized spacial score (nSPS) is 38.8. The highest BCUT2D eigenvalue weighted by molar-refractivity contribution is 6.34. The average Bonchev–Trinajstić information content (AvgIpc) is 3.59. The van der Waals surface area contributed by atoms with Crippen molar-refractivity contribution in [3.8, 4) is 5.75 Å². The molecule has 8 heteroatoms. The Hall–Kier alpha value is -2.97. The molecule has 0 radical (unpaired) electrons. The minimum atomic E-state index is -0.299. The fourth-order valence-electron chi connectivity index (χ4n) is 15.3. The molecule has 1 aromatic carbocycles. The predicted octanol–water partition coefficient (Wildman–Crippen LogP) is 8.37. The number of likely N-dealkylation sites (tertiary alicyclic amines) is 1. The zero-order chi connectivity index (χ0) is 40.4. The monoisotopic (exact) mass is 781 g/mol. The molecule has 2 aliphatic heterocycles. The van der Waals surface area contributed by atoms with Crippen LogP contribution >= 0.6 is 0 Å². The van der Waals surface area contributed by atoms with Crippen LogP contribution in [0.1, 0.15) is 124 Å². The van der Waals surface area contributed by atoms with Gasteiger partial charge in [-0.15, -0.1) is 0 Å². The highest BCUT2D eigenvalue weighted by Gasteiger charge is 2.70. The first-order valence-electron chi connectivity index (χ1n) is 22.8.